The molecule has 0 aromatic heterocycles. The van der Waals surface area contributed by atoms with Crippen LogP contribution in [-0.4, -0.2) is 68.4 Å². The average molecular weight is 420 g/mol. The van der Waals surface area contributed by atoms with Crippen molar-refractivity contribution < 1.29 is 19.1 Å². The highest BCUT2D eigenvalue weighted by Crippen LogP contribution is 2.18. The zero-order valence-corrected chi connectivity index (χ0v) is 17.1. The van der Waals surface area contributed by atoms with Gasteiger partial charge in [0.1, 0.15) is 12.7 Å². The minimum Gasteiger partial charge on any atom is -0.458 e. The van der Waals surface area contributed by atoms with E-state index >= 15 is 0 Å². The lowest BCUT2D eigenvalue weighted by atomic mass is 10.1. The van der Waals surface area contributed by atoms with Gasteiger partial charge in [0.2, 0.25) is 0 Å². The molecule has 31 heavy (non-hydrogen) atoms. The van der Waals surface area contributed by atoms with Gasteiger partial charge in [0.15, 0.2) is 6.10 Å². The van der Waals surface area contributed by atoms with Gasteiger partial charge in [-0.2, -0.15) is 5.26 Å². The molecule has 8 nitrogen and oxygen atoms in total. The molecule has 2 saturated heterocycles. The van der Waals surface area contributed by atoms with E-state index in [1.165, 1.54) is 5.69 Å². The third-order valence-corrected chi connectivity index (χ3v) is 5.61. The first kappa shape index (κ1) is 20.7. The molecule has 2 aromatic carbocycles. The van der Waals surface area contributed by atoms with E-state index in [9.17, 15) is 9.59 Å². The maximum Gasteiger partial charge on any atom is 0.408 e. The minimum absolute atomic E-state index is 0.0635. The molecule has 1 amide bonds. The van der Waals surface area contributed by atoms with Crippen molar-refractivity contribution in [2.75, 3.05) is 44.2 Å². The quantitative estimate of drug-likeness (QED) is 0.715. The summed E-state index contributed by atoms with van der Waals surface area (Å²) in [4.78, 5) is 28.8. The largest absolute Gasteiger partial charge is 0.458 e. The number of hydrogen-bond acceptors (Lipinski definition) is 7. The molecule has 0 spiro atoms. The zero-order valence-electron chi connectivity index (χ0n) is 17.1. The molecule has 8 heteroatoms. The maximum absolute atomic E-state index is 12.4. The lowest BCUT2D eigenvalue weighted by Gasteiger charge is -2.37. The van der Waals surface area contributed by atoms with Crippen LogP contribution in [0.25, 0.3) is 0 Å². The number of carbonyl (C=O) groups is 2. The van der Waals surface area contributed by atoms with E-state index in [0.717, 1.165) is 26.2 Å². The van der Waals surface area contributed by atoms with Crippen molar-refractivity contribution in [1.82, 2.24) is 10.2 Å². The van der Waals surface area contributed by atoms with Crippen LogP contribution in [0, 0.1) is 11.3 Å². The lowest BCUT2D eigenvalue weighted by Crippen LogP contribution is -2.52. The molecule has 4 rings (SSSR count). The summed E-state index contributed by atoms with van der Waals surface area (Å²) in [6.07, 6.45) is -1.08. The summed E-state index contributed by atoms with van der Waals surface area (Å²) < 4.78 is 10.7. The predicted octanol–water partition coefficient (Wildman–Crippen LogP) is 2.01. The zero-order chi connectivity index (χ0) is 21.6. The van der Waals surface area contributed by atoms with Gasteiger partial charge in [-0.1, -0.05) is 30.3 Å². The SMILES string of the molecule is N#Cc1ccccc1C(=O)OC[C@H]1OC(=O)N[C@@H]1CN1CCN(c2ccccc2)CC1. The molecule has 2 aliphatic heterocycles. The molecule has 160 valence electrons. The third-order valence-electron chi connectivity index (χ3n) is 5.61. The van der Waals surface area contributed by atoms with Crippen molar-refractivity contribution in [3.63, 3.8) is 0 Å². The second kappa shape index (κ2) is 9.49. The van der Waals surface area contributed by atoms with Crippen LogP contribution in [0.1, 0.15) is 15.9 Å². The van der Waals surface area contributed by atoms with Crippen molar-refractivity contribution in [2.45, 2.75) is 12.1 Å². The van der Waals surface area contributed by atoms with Gasteiger partial charge in [-0.3, -0.25) is 4.90 Å². The Kier molecular flexibility index (Phi) is 6.34. The topological polar surface area (TPSA) is 94.9 Å². The number of nitrogens with zero attached hydrogens (tertiary/aromatic N) is 3. The number of ether oxygens (including phenoxy) is 2. The molecule has 0 radical (unpaired) electrons. The smallest absolute Gasteiger partial charge is 0.408 e. The summed E-state index contributed by atoms with van der Waals surface area (Å²) in [6.45, 7) is 4.08. The van der Waals surface area contributed by atoms with Crippen LogP contribution in [0.5, 0.6) is 0 Å². The van der Waals surface area contributed by atoms with Crippen molar-refractivity contribution in [1.29, 1.82) is 5.26 Å². The Morgan fingerprint density at radius 3 is 2.55 bits per heavy atom. The Balaban J connectivity index is 1.30. The van der Waals surface area contributed by atoms with E-state index in [2.05, 4.69) is 27.2 Å². The van der Waals surface area contributed by atoms with Crippen LogP contribution in [0.4, 0.5) is 10.5 Å². The molecule has 0 saturated carbocycles. The number of alkyl carbamates (subject to hydrolysis) is 1. The van der Waals surface area contributed by atoms with Gasteiger partial charge in [0, 0.05) is 38.4 Å². The highest BCUT2D eigenvalue weighted by Gasteiger charge is 2.37. The number of piperazine rings is 1. The summed E-state index contributed by atoms with van der Waals surface area (Å²) in [7, 11) is 0. The average Bonchev–Trinajstić information content (AvgIpc) is 3.17. The number of carbonyl (C=O) groups excluding carboxylic acids is 2. The second-order valence-electron chi connectivity index (χ2n) is 7.57. The van der Waals surface area contributed by atoms with Crippen molar-refractivity contribution in [2.24, 2.45) is 0 Å². The Morgan fingerprint density at radius 2 is 1.81 bits per heavy atom. The molecule has 2 aromatic rings. The number of nitriles is 1. The number of para-hydroxylation sites is 1. The molecule has 1 N–H and O–H groups in total. The van der Waals surface area contributed by atoms with Crippen LogP contribution in [0.2, 0.25) is 0 Å². The third kappa shape index (κ3) is 4.95. The number of benzene rings is 2. The maximum atomic E-state index is 12.4. The highest BCUT2D eigenvalue weighted by atomic mass is 16.6. The van der Waals surface area contributed by atoms with Gasteiger partial charge in [0.25, 0.3) is 0 Å². The Morgan fingerprint density at radius 1 is 1.10 bits per heavy atom. The fraction of sp³-hybridized carbons (Fsp3) is 0.348. The first-order valence-corrected chi connectivity index (χ1v) is 10.3. The van der Waals surface area contributed by atoms with Crippen molar-refractivity contribution in [3.8, 4) is 6.07 Å². The Bertz CT molecular complexity index is 967. The standard InChI is InChI=1S/C23H24N4O4/c24-14-17-6-4-5-9-19(17)22(28)30-16-21-20(25-23(29)31-21)15-26-10-12-27(13-11-26)18-7-2-1-3-8-18/h1-9,20-21H,10-13,15-16H2,(H,25,29)/t20-,21-/m1/s1. The normalized spacial score (nSPS) is 21.1. The predicted molar refractivity (Wildman–Crippen MR) is 114 cm³/mol. The summed E-state index contributed by atoms with van der Waals surface area (Å²) in [5.41, 5.74) is 1.67. The van der Waals surface area contributed by atoms with Crippen LogP contribution in [0.15, 0.2) is 54.6 Å². The molecule has 0 aliphatic carbocycles. The number of nitrogens with one attached hydrogen (secondary N) is 1. The fourth-order valence-corrected chi connectivity index (χ4v) is 3.91. The number of amides is 1. The summed E-state index contributed by atoms with van der Waals surface area (Å²) in [5.74, 6) is -0.602. The van der Waals surface area contributed by atoms with Crippen LogP contribution < -0.4 is 10.2 Å². The van der Waals surface area contributed by atoms with E-state index < -0.39 is 18.2 Å². The van der Waals surface area contributed by atoms with Crippen LogP contribution in [-0.2, 0) is 9.47 Å². The Hall–Kier alpha value is -3.57. The molecule has 0 bridgehead atoms. The fourth-order valence-electron chi connectivity index (χ4n) is 3.91. The van der Waals surface area contributed by atoms with E-state index in [-0.39, 0.29) is 23.8 Å². The van der Waals surface area contributed by atoms with Gasteiger partial charge in [-0.15, -0.1) is 0 Å². The van der Waals surface area contributed by atoms with Crippen molar-refractivity contribution >= 4 is 17.7 Å². The molecular weight excluding hydrogens is 396 g/mol. The first-order valence-electron chi connectivity index (χ1n) is 10.3. The van der Waals surface area contributed by atoms with Gasteiger partial charge in [-0.05, 0) is 24.3 Å². The first-order chi connectivity index (χ1) is 15.1. The minimum atomic E-state index is -0.602. The second-order valence-corrected chi connectivity index (χ2v) is 7.57. The number of hydrogen-bond donors (Lipinski definition) is 1. The highest BCUT2D eigenvalue weighted by molar-refractivity contribution is 5.92. The summed E-state index contributed by atoms with van der Waals surface area (Å²) in [6, 6.07) is 18.5. The number of esters is 1. The Labute approximate surface area is 181 Å². The lowest BCUT2D eigenvalue weighted by molar-refractivity contribution is 0.0228. The molecule has 2 atom stereocenters. The van der Waals surface area contributed by atoms with Gasteiger partial charge in [0.05, 0.1) is 17.2 Å². The van der Waals surface area contributed by atoms with Gasteiger partial charge in [-0.25, -0.2) is 9.59 Å². The van der Waals surface area contributed by atoms with E-state index in [1.807, 2.05) is 24.3 Å². The van der Waals surface area contributed by atoms with Gasteiger partial charge < -0.3 is 19.7 Å². The summed E-state index contributed by atoms with van der Waals surface area (Å²) >= 11 is 0. The molecule has 0 unspecified atom stereocenters. The van der Waals surface area contributed by atoms with Crippen molar-refractivity contribution in [3.05, 3.63) is 65.7 Å². The van der Waals surface area contributed by atoms with E-state index in [0.29, 0.717) is 6.54 Å². The summed E-state index contributed by atoms with van der Waals surface area (Å²) in [5, 5.41) is 12.0. The molecule has 2 fully saturated rings. The number of rotatable bonds is 6. The van der Waals surface area contributed by atoms with Crippen LogP contribution in [0.3, 0.4) is 0 Å². The molecule has 2 heterocycles. The van der Waals surface area contributed by atoms with E-state index in [1.54, 1.807) is 24.3 Å². The monoisotopic (exact) mass is 420 g/mol. The van der Waals surface area contributed by atoms with Gasteiger partial charge >= 0.3 is 12.1 Å². The van der Waals surface area contributed by atoms with E-state index in [4.69, 9.17) is 14.7 Å². The number of anilines is 1. The number of cyclic esters (lactones) is 1. The molecule has 2 aliphatic rings. The van der Waals surface area contributed by atoms with Crippen LogP contribution >= 0.6 is 0 Å². The molecular formula is C23H24N4O4.